The lowest BCUT2D eigenvalue weighted by Gasteiger charge is -2.17. The van der Waals surface area contributed by atoms with E-state index in [2.05, 4.69) is 0 Å². The van der Waals surface area contributed by atoms with E-state index in [9.17, 15) is 4.21 Å². The number of hydrogen-bond donors (Lipinski definition) is 1. The largest absolute Gasteiger partial charge is 0.327 e. The van der Waals surface area contributed by atoms with Crippen LogP contribution in [0.3, 0.4) is 0 Å². The van der Waals surface area contributed by atoms with Crippen molar-refractivity contribution in [3.05, 3.63) is 0 Å². The third-order valence-electron chi connectivity index (χ3n) is 1.57. The van der Waals surface area contributed by atoms with Gasteiger partial charge in [-0.25, -0.2) is 0 Å². The van der Waals surface area contributed by atoms with Crippen LogP contribution in [0.25, 0.3) is 0 Å². The Labute approximate surface area is 65.6 Å². The van der Waals surface area contributed by atoms with Crippen LogP contribution in [0.5, 0.6) is 0 Å². The molecule has 0 rings (SSSR count). The monoisotopic (exact) mass is 163 g/mol. The molecule has 0 fully saturated rings. The van der Waals surface area contributed by atoms with Crippen LogP contribution in [0.2, 0.25) is 0 Å². The average Bonchev–Trinajstić information content (AvgIpc) is 1.84. The van der Waals surface area contributed by atoms with E-state index in [1.807, 2.05) is 27.7 Å². The second-order valence-corrected chi connectivity index (χ2v) is 5.28. The molecule has 0 saturated heterocycles. The molecule has 0 spiro atoms. The fourth-order valence-electron chi connectivity index (χ4n) is 0.641. The van der Waals surface area contributed by atoms with Gasteiger partial charge in [-0.3, -0.25) is 4.21 Å². The predicted molar refractivity (Wildman–Crippen MR) is 46.4 cm³/mol. The molecule has 0 aromatic rings. The van der Waals surface area contributed by atoms with E-state index in [-0.39, 0.29) is 16.5 Å². The molecule has 10 heavy (non-hydrogen) atoms. The molecule has 3 atom stereocenters. The minimum Gasteiger partial charge on any atom is -0.327 e. The third kappa shape index (κ3) is 2.80. The first kappa shape index (κ1) is 10.1. The summed E-state index contributed by atoms with van der Waals surface area (Å²) in [4.78, 5) is 0. The second kappa shape index (κ2) is 4.09. The van der Waals surface area contributed by atoms with Crippen LogP contribution in [-0.4, -0.2) is 20.8 Å². The lowest BCUT2D eigenvalue weighted by Crippen LogP contribution is -2.35. The third-order valence-corrected chi connectivity index (χ3v) is 3.66. The normalized spacial score (nSPS) is 20.6. The van der Waals surface area contributed by atoms with Crippen molar-refractivity contribution in [2.24, 2.45) is 5.73 Å². The Morgan fingerprint density at radius 2 is 1.60 bits per heavy atom. The highest BCUT2D eigenvalue weighted by molar-refractivity contribution is 7.86. The zero-order valence-electron chi connectivity index (χ0n) is 7.13. The fourth-order valence-corrected chi connectivity index (χ4v) is 1.92. The second-order valence-electron chi connectivity index (χ2n) is 2.94. The van der Waals surface area contributed by atoms with Crippen LogP contribution in [0.1, 0.15) is 27.7 Å². The Balaban J connectivity index is 3.95. The lowest BCUT2D eigenvalue weighted by atomic mass is 10.3. The molecule has 3 heteroatoms. The van der Waals surface area contributed by atoms with Crippen molar-refractivity contribution in [2.45, 2.75) is 44.2 Å². The Bertz CT molecular complexity index is 123. The molecule has 0 bridgehead atoms. The molecule has 2 N–H and O–H groups in total. The van der Waals surface area contributed by atoms with Gasteiger partial charge in [0.2, 0.25) is 0 Å². The Hall–Kier alpha value is 0.110. The molecule has 0 aliphatic rings. The summed E-state index contributed by atoms with van der Waals surface area (Å²) < 4.78 is 11.3. The SMILES string of the molecule is CC(N)C(C)S(=O)C(C)C. The van der Waals surface area contributed by atoms with Crippen LogP contribution >= 0.6 is 0 Å². The van der Waals surface area contributed by atoms with E-state index in [0.717, 1.165) is 0 Å². The Kier molecular flexibility index (Phi) is 4.13. The van der Waals surface area contributed by atoms with Crippen LogP contribution < -0.4 is 5.73 Å². The smallest absolute Gasteiger partial charge is 0.0470 e. The first-order valence-corrected chi connectivity index (χ1v) is 4.89. The maximum Gasteiger partial charge on any atom is 0.0470 e. The van der Waals surface area contributed by atoms with Crippen LogP contribution in [0.4, 0.5) is 0 Å². The zero-order chi connectivity index (χ0) is 8.31. The van der Waals surface area contributed by atoms with E-state index in [1.54, 1.807) is 0 Å². The molecular weight excluding hydrogens is 146 g/mol. The molecule has 0 radical (unpaired) electrons. The highest BCUT2D eigenvalue weighted by atomic mass is 32.2. The summed E-state index contributed by atoms with van der Waals surface area (Å²) >= 11 is 0. The molecule has 62 valence electrons. The minimum atomic E-state index is -0.772. The highest BCUT2D eigenvalue weighted by Gasteiger charge is 2.17. The van der Waals surface area contributed by atoms with Crippen LogP contribution in [-0.2, 0) is 10.8 Å². The Morgan fingerprint density at radius 1 is 1.20 bits per heavy atom. The number of nitrogens with two attached hydrogens (primary N) is 1. The van der Waals surface area contributed by atoms with E-state index >= 15 is 0 Å². The lowest BCUT2D eigenvalue weighted by molar-refractivity contribution is 0.642. The molecule has 0 aliphatic carbocycles. The standard InChI is InChI=1S/C7H17NOS/c1-5(2)10(9)7(4)6(3)8/h5-7H,8H2,1-4H3. The Morgan fingerprint density at radius 3 is 1.70 bits per heavy atom. The van der Waals surface area contributed by atoms with Gasteiger partial charge in [-0.2, -0.15) is 0 Å². The van der Waals surface area contributed by atoms with Crippen LogP contribution in [0.15, 0.2) is 0 Å². The molecule has 0 aromatic carbocycles. The molecule has 0 heterocycles. The highest BCUT2D eigenvalue weighted by Crippen LogP contribution is 2.05. The van der Waals surface area contributed by atoms with E-state index in [4.69, 9.17) is 5.73 Å². The van der Waals surface area contributed by atoms with Gasteiger partial charge in [0, 0.05) is 27.3 Å². The molecule has 0 saturated carbocycles. The van der Waals surface area contributed by atoms with Gasteiger partial charge in [0.15, 0.2) is 0 Å². The molecule has 2 nitrogen and oxygen atoms in total. The topological polar surface area (TPSA) is 43.1 Å². The first-order valence-electron chi connectivity index (χ1n) is 3.61. The van der Waals surface area contributed by atoms with E-state index in [1.165, 1.54) is 0 Å². The van der Waals surface area contributed by atoms with Crippen molar-refractivity contribution in [3.8, 4) is 0 Å². The van der Waals surface area contributed by atoms with Gasteiger partial charge >= 0.3 is 0 Å². The summed E-state index contributed by atoms with van der Waals surface area (Å²) in [6, 6.07) is 0.0308. The van der Waals surface area contributed by atoms with Crippen molar-refractivity contribution >= 4 is 10.8 Å². The van der Waals surface area contributed by atoms with Gasteiger partial charge in [-0.05, 0) is 13.8 Å². The maximum atomic E-state index is 11.3. The predicted octanol–water partition coefficient (Wildman–Crippen LogP) is 0.879. The molecule has 0 aliphatic heterocycles. The van der Waals surface area contributed by atoms with Gasteiger partial charge < -0.3 is 5.73 Å². The van der Waals surface area contributed by atoms with E-state index < -0.39 is 10.8 Å². The van der Waals surface area contributed by atoms with Crippen LogP contribution in [0, 0.1) is 0 Å². The maximum absolute atomic E-state index is 11.3. The van der Waals surface area contributed by atoms with Crippen molar-refractivity contribution in [2.75, 3.05) is 0 Å². The van der Waals surface area contributed by atoms with Crippen molar-refractivity contribution < 1.29 is 4.21 Å². The average molecular weight is 163 g/mol. The minimum absolute atomic E-state index is 0.0308. The zero-order valence-corrected chi connectivity index (χ0v) is 7.94. The van der Waals surface area contributed by atoms with Gasteiger partial charge in [0.05, 0.1) is 0 Å². The summed E-state index contributed by atoms with van der Waals surface area (Å²) in [7, 11) is -0.772. The number of rotatable bonds is 3. The number of hydrogen-bond acceptors (Lipinski definition) is 2. The van der Waals surface area contributed by atoms with Crippen molar-refractivity contribution in [1.29, 1.82) is 0 Å². The van der Waals surface area contributed by atoms with Crippen molar-refractivity contribution in [3.63, 3.8) is 0 Å². The molecule has 0 amide bonds. The summed E-state index contributed by atoms with van der Waals surface area (Å²) in [5, 5.41) is 0.334. The summed E-state index contributed by atoms with van der Waals surface area (Å²) in [5.41, 5.74) is 5.58. The fraction of sp³-hybridized carbons (Fsp3) is 1.00. The quantitative estimate of drug-likeness (QED) is 0.671. The van der Waals surface area contributed by atoms with Gasteiger partial charge in [0.25, 0.3) is 0 Å². The van der Waals surface area contributed by atoms with Gasteiger partial charge in [0.1, 0.15) is 0 Å². The summed E-state index contributed by atoms with van der Waals surface area (Å²) in [6.07, 6.45) is 0. The summed E-state index contributed by atoms with van der Waals surface area (Å²) in [6.45, 7) is 7.73. The first-order chi connectivity index (χ1) is 4.46. The molecule has 3 unspecified atom stereocenters. The van der Waals surface area contributed by atoms with Crippen molar-refractivity contribution in [1.82, 2.24) is 0 Å². The van der Waals surface area contributed by atoms with Gasteiger partial charge in [-0.1, -0.05) is 13.8 Å². The van der Waals surface area contributed by atoms with Gasteiger partial charge in [-0.15, -0.1) is 0 Å². The molecule has 0 aromatic heterocycles. The van der Waals surface area contributed by atoms with E-state index in [0.29, 0.717) is 0 Å². The summed E-state index contributed by atoms with van der Waals surface area (Å²) in [5.74, 6) is 0. The molecular formula is C7H17NOS.